The van der Waals surface area contributed by atoms with Gasteiger partial charge in [-0.15, -0.1) is 0 Å². The van der Waals surface area contributed by atoms with E-state index >= 15 is 0 Å². The molecule has 0 saturated heterocycles. The standard InChI is InChI=1S/C28H30N4O3/c1-31(2)13-7-10-24(33)21-14-19(16-25(34)20-8-5-9-23(18-20)32(3)4)15-22(17-21)28-30-27-26(35-28)11-6-12-29-27/h5-6,8-9,11-12,14-15,17-18H,7,10,13,16H2,1-4H3. The van der Waals surface area contributed by atoms with Crippen molar-refractivity contribution in [2.45, 2.75) is 19.3 Å². The summed E-state index contributed by atoms with van der Waals surface area (Å²) in [5.74, 6) is 0.396. The monoisotopic (exact) mass is 470 g/mol. The molecule has 4 aromatic rings. The maximum Gasteiger partial charge on any atom is 0.228 e. The van der Waals surface area contributed by atoms with E-state index in [1.807, 2.05) is 69.5 Å². The topological polar surface area (TPSA) is 79.5 Å². The summed E-state index contributed by atoms with van der Waals surface area (Å²) >= 11 is 0. The number of fused-ring (bicyclic) bond motifs is 1. The lowest BCUT2D eigenvalue weighted by Crippen LogP contribution is -2.14. The summed E-state index contributed by atoms with van der Waals surface area (Å²) in [4.78, 5) is 38.9. The first-order valence-corrected chi connectivity index (χ1v) is 11.6. The first-order chi connectivity index (χ1) is 16.8. The smallest absolute Gasteiger partial charge is 0.228 e. The number of oxazole rings is 1. The molecule has 0 aliphatic heterocycles. The van der Waals surface area contributed by atoms with E-state index in [1.165, 1.54) is 0 Å². The summed E-state index contributed by atoms with van der Waals surface area (Å²) in [5.41, 5.74) is 4.63. The van der Waals surface area contributed by atoms with Gasteiger partial charge in [0.1, 0.15) is 0 Å². The van der Waals surface area contributed by atoms with Crippen LogP contribution < -0.4 is 4.90 Å². The third-order valence-corrected chi connectivity index (χ3v) is 5.79. The number of nitrogens with zero attached hydrogens (tertiary/aromatic N) is 4. The van der Waals surface area contributed by atoms with Gasteiger partial charge in [0.15, 0.2) is 22.8 Å². The van der Waals surface area contributed by atoms with Crippen molar-refractivity contribution in [1.29, 1.82) is 0 Å². The maximum atomic E-state index is 13.1. The average Bonchev–Trinajstić information content (AvgIpc) is 3.28. The highest BCUT2D eigenvalue weighted by molar-refractivity contribution is 6.00. The number of hydrogen-bond donors (Lipinski definition) is 0. The number of hydrogen-bond acceptors (Lipinski definition) is 7. The lowest BCUT2D eigenvalue weighted by Gasteiger charge is -2.13. The molecule has 2 aromatic heterocycles. The summed E-state index contributed by atoms with van der Waals surface area (Å²) in [6, 6.07) is 16.6. The molecule has 0 radical (unpaired) electrons. The van der Waals surface area contributed by atoms with Crippen molar-refractivity contribution >= 4 is 28.5 Å². The van der Waals surface area contributed by atoms with Crippen LogP contribution in [0.5, 0.6) is 0 Å². The molecule has 2 aromatic carbocycles. The van der Waals surface area contributed by atoms with Crippen molar-refractivity contribution in [1.82, 2.24) is 14.9 Å². The van der Waals surface area contributed by atoms with Crippen LogP contribution in [0.1, 0.15) is 39.1 Å². The van der Waals surface area contributed by atoms with Crippen LogP contribution >= 0.6 is 0 Å². The minimum Gasteiger partial charge on any atom is -0.434 e. The Morgan fingerprint density at radius 3 is 2.49 bits per heavy atom. The van der Waals surface area contributed by atoms with E-state index in [4.69, 9.17) is 4.42 Å². The SMILES string of the molecule is CN(C)CCCC(=O)c1cc(CC(=O)c2cccc(N(C)C)c2)cc(-c2nc3ncccc3o2)c1. The van der Waals surface area contributed by atoms with Gasteiger partial charge in [-0.25, -0.2) is 4.98 Å². The molecule has 35 heavy (non-hydrogen) atoms. The number of rotatable bonds is 10. The molecule has 7 nitrogen and oxygen atoms in total. The van der Waals surface area contributed by atoms with E-state index in [2.05, 4.69) is 14.9 Å². The molecule has 0 saturated carbocycles. The van der Waals surface area contributed by atoms with Crippen LogP contribution in [0.15, 0.2) is 65.2 Å². The van der Waals surface area contributed by atoms with Gasteiger partial charge in [0.25, 0.3) is 0 Å². The summed E-state index contributed by atoms with van der Waals surface area (Å²) < 4.78 is 5.91. The minimum atomic E-state index is -0.0175. The third-order valence-electron chi connectivity index (χ3n) is 5.79. The molecule has 0 aliphatic rings. The van der Waals surface area contributed by atoms with Crippen molar-refractivity contribution in [3.8, 4) is 11.5 Å². The Balaban J connectivity index is 1.67. The molecule has 0 N–H and O–H groups in total. The van der Waals surface area contributed by atoms with Crippen molar-refractivity contribution in [3.63, 3.8) is 0 Å². The van der Waals surface area contributed by atoms with E-state index in [0.717, 1.165) is 24.2 Å². The second-order valence-corrected chi connectivity index (χ2v) is 9.14. The number of carbonyl (C=O) groups is 2. The Hall–Kier alpha value is -3.84. The maximum absolute atomic E-state index is 13.1. The van der Waals surface area contributed by atoms with Crippen molar-refractivity contribution < 1.29 is 14.0 Å². The first-order valence-electron chi connectivity index (χ1n) is 11.6. The van der Waals surface area contributed by atoms with E-state index in [-0.39, 0.29) is 18.0 Å². The zero-order chi connectivity index (χ0) is 24.9. The van der Waals surface area contributed by atoms with Gasteiger partial charge in [-0.05, 0) is 75.1 Å². The van der Waals surface area contributed by atoms with E-state index in [0.29, 0.717) is 40.2 Å². The number of aromatic nitrogens is 2. The molecule has 0 atom stereocenters. The predicted molar refractivity (Wildman–Crippen MR) is 138 cm³/mol. The van der Waals surface area contributed by atoms with Gasteiger partial charge in [-0.1, -0.05) is 12.1 Å². The molecular weight excluding hydrogens is 440 g/mol. The molecule has 7 heteroatoms. The Labute approximate surface area is 205 Å². The van der Waals surface area contributed by atoms with Gasteiger partial charge in [-0.2, -0.15) is 4.98 Å². The van der Waals surface area contributed by atoms with Crippen molar-refractivity contribution in [3.05, 3.63) is 77.5 Å². The van der Waals surface area contributed by atoms with Crippen LogP contribution in [0.2, 0.25) is 0 Å². The normalized spacial score (nSPS) is 11.2. The summed E-state index contributed by atoms with van der Waals surface area (Å²) in [6.07, 6.45) is 3.01. The number of ketones is 2. The van der Waals surface area contributed by atoms with Gasteiger partial charge in [0.05, 0.1) is 0 Å². The Morgan fingerprint density at radius 1 is 0.914 bits per heavy atom. The highest BCUT2D eigenvalue weighted by Gasteiger charge is 2.17. The number of pyridine rings is 1. The molecule has 0 unspecified atom stereocenters. The van der Waals surface area contributed by atoms with Crippen LogP contribution in [0, 0.1) is 0 Å². The predicted octanol–water partition coefficient (Wildman–Crippen LogP) is 4.91. The number of anilines is 1. The molecule has 0 spiro atoms. The van der Waals surface area contributed by atoms with Crippen LogP contribution in [0.25, 0.3) is 22.7 Å². The lowest BCUT2D eigenvalue weighted by molar-refractivity contribution is 0.0971. The Kier molecular flexibility index (Phi) is 7.36. The molecule has 0 fully saturated rings. The molecule has 0 aliphatic carbocycles. The highest BCUT2D eigenvalue weighted by atomic mass is 16.3. The fourth-order valence-corrected chi connectivity index (χ4v) is 3.92. The van der Waals surface area contributed by atoms with Crippen LogP contribution in [0.4, 0.5) is 5.69 Å². The molecule has 0 amide bonds. The van der Waals surface area contributed by atoms with Gasteiger partial charge in [-0.3, -0.25) is 9.59 Å². The van der Waals surface area contributed by atoms with Crippen LogP contribution in [-0.4, -0.2) is 61.2 Å². The second-order valence-electron chi connectivity index (χ2n) is 9.14. The molecule has 180 valence electrons. The third kappa shape index (κ3) is 6.00. The zero-order valence-corrected chi connectivity index (χ0v) is 20.6. The number of benzene rings is 2. The van der Waals surface area contributed by atoms with Crippen molar-refractivity contribution in [2.24, 2.45) is 0 Å². The minimum absolute atomic E-state index is 0.0175. The van der Waals surface area contributed by atoms with E-state index in [1.54, 1.807) is 24.4 Å². The van der Waals surface area contributed by atoms with Gasteiger partial charge in [0, 0.05) is 55.5 Å². The fraction of sp³-hybridized carbons (Fsp3) is 0.286. The average molecular weight is 471 g/mol. The molecular formula is C28H30N4O3. The number of carbonyl (C=O) groups excluding carboxylic acids is 2. The quantitative estimate of drug-likeness (QED) is 0.305. The molecule has 2 heterocycles. The van der Waals surface area contributed by atoms with Gasteiger partial charge < -0.3 is 14.2 Å². The van der Waals surface area contributed by atoms with Gasteiger partial charge >= 0.3 is 0 Å². The van der Waals surface area contributed by atoms with Crippen LogP contribution in [-0.2, 0) is 6.42 Å². The summed E-state index contributed by atoms with van der Waals surface area (Å²) in [6.45, 7) is 0.829. The van der Waals surface area contributed by atoms with E-state index < -0.39 is 0 Å². The zero-order valence-electron chi connectivity index (χ0n) is 20.6. The van der Waals surface area contributed by atoms with E-state index in [9.17, 15) is 9.59 Å². The van der Waals surface area contributed by atoms with Crippen molar-refractivity contribution in [2.75, 3.05) is 39.6 Å². The largest absolute Gasteiger partial charge is 0.434 e. The molecule has 4 rings (SSSR count). The highest BCUT2D eigenvalue weighted by Crippen LogP contribution is 2.27. The van der Waals surface area contributed by atoms with Gasteiger partial charge in [0.2, 0.25) is 5.89 Å². The number of Topliss-reactive ketones (excluding diaryl/α,β-unsaturated/α-hetero) is 2. The summed E-state index contributed by atoms with van der Waals surface area (Å²) in [5, 5.41) is 0. The lowest BCUT2D eigenvalue weighted by atomic mass is 9.96. The Morgan fingerprint density at radius 2 is 1.74 bits per heavy atom. The van der Waals surface area contributed by atoms with Crippen LogP contribution in [0.3, 0.4) is 0 Å². The Bertz CT molecular complexity index is 1320. The second kappa shape index (κ2) is 10.6. The first kappa shape index (κ1) is 24.3. The fourth-order valence-electron chi connectivity index (χ4n) is 3.92. The molecule has 0 bridgehead atoms. The summed E-state index contributed by atoms with van der Waals surface area (Å²) in [7, 11) is 7.86.